The summed E-state index contributed by atoms with van der Waals surface area (Å²) in [5.74, 6) is 0. The SMILES string of the molecule is CCC(N)(CC)CN(C)CCCOC. The maximum atomic E-state index is 6.23. The largest absolute Gasteiger partial charge is 0.385 e. The van der Waals surface area contributed by atoms with E-state index in [-0.39, 0.29) is 5.54 Å². The number of likely N-dealkylation sites (N-methyl/N-ethyl adjacent to an activating group) is 1. The van der Waals surface area contributed by atoms with Crippen molar-refractivity contribution in [3.63, 3.8) is 0 Å². The van der Waals surface area contributed by atoms with Crippen LogP contribution in [-0.4, -0.2) is 44.3 Å². The minimum Gasteiger partial charge on any atom is -0.385 e. The maximum absolute atomic E-state index is 6.23. The summed E-state index contributed by atoms with van der Waals surface area (Å²) in [6.45, 7) is 7.19. The second-order valence-corrected chi connectivity index (χ2v) is 4.15. The van der Waals surface area contributed by atoms with Crippen molar-refractivity contribution in [1.82, 2.24) is 4.90 Å². The molecule has 2 N–H and O–H groups in total. The van der Waals surface area contributed by atoms with Crippen molar-refractivity contribution in [2.24, 2.45) is 5.73 Å². The fraction of sp³-hybridized carbons (Fsp3) is 1.00. The normalized spacial score (nSPS) is 12.4. The van der Waals surface area contributed by atoms with Gasteiger partial charge in [0.25, 0.3) is 0 Å². The lowest BCUT2D eigenvalue weighted by Gasteiger charge is -2.31. The van der Waals surface area contributed by atoms with Crippen LogP contribution >= 0.6 is 0 Å². The highest BCUT2D eigenvalue weighted by Gasteiger charge is 2.21. The van der Waals surface area contributed by atoms with Crippen LogP contribution in [0.5, 0.6) is 0 Å². The molecule has 0 heterocycles. The van der Waals surface area contributed by atoms with E-state index in [4.69, 9.17) is 10.5 Å². The summed E-state index contributed by atoms with van der Waals surface area (Å²) in [5.41, 5.74) is 6.22. The average molecular weight is 202 g/mol. The molecule has 0 spiro atoms. The molecule has 0 fully saturated rings. The Bertz CT molecular complexity index is 135. The molecule has 0 aromatic carbocycles. The topological polar surface area (TPSA) is 38.5 Å². The van der Waals surface area contributed by atoms with E-state index in [1.54, 1.807) is 7.11 Å². The van der Waals surface area contributed by atoms with Crippen molar-refractivity contribution in [2.75, 3.05) is 33.9 Å². The first-order chi connectivity index (χ1) is 6.58. The first-order valence-electron chi connectivity index (χ1n) is 5.54. The number of ether oxygens (including phenoxy) is 1. The Kier molecular flexibility index (Phi) is 7.15. The monoisotopic (exact) mass is 202 g/mol. The molecule has 0 aliphatic heterocycles. The Morgan fingerprint density at radius 1 is 1.29 bits per heavy atom. The van der Waals surface area contributed by atoms with E-state index in [1.165, 1.54) is 0 Å². The van der Waals surface area contributed by atoms with Gasteiger partial charge in [-0.1, -0.05) is 13.8 Å². The third kappa shape index (κ3) is 5.58. The van der Waals surface area contributed by atoms with Crippen LogP contribution in [0.15, 0.2) is 0 Å². The summed E-state index contributed by atoms with van der Waals surface area (Å²) in [5, 5.41) is 0. The third-order valence-corrected chi connectivity index (χ3v) is 2.88. The van der Waals surface area contributed by atoms with E-state index in [9.17, 15) is 0 Å². The first-order valence-corrected chi connectivity index (χ1v) is 5.54. The molecule has 0 aliphatic rings. The molecule has 86 valence electrons. The van der Waals surface area contributed by atoms with Gasteiger partial charge in [0.15, 0.2) is 0 Å². The summed E-state index contributed by atoms with van der Waals surface area (Å²) in [6.07, 6.45) is 3.16. The predicted molar refractivity (Wildman–Crippen MR) is 61.5 cm³/mol. The molecule has 0 aromatic rings. The van der Waals surface area contributed by atoms with Crippen LogP contribution in [0.4, 0.5) is 0 Å². The Hall–Kier alpha value is -0.120. The Morgan fingerprint density at radius 3 is 2.29 bits per heavy atom. The van der Waals surface area contributed by atoms with Gasteiger partial charge in [-0.05, 0) is 26.3 Å². The van der Waals surface area contributed by atoms with E-state index >= 15 is 0 Å². The molecular weight excluding hydrogens is 176 g/mol. The average Bonchev–Trinajstić information content (AvgIpc) is 2.18. The molecule has 3 heteroatoms. The molecule has 0 bridgehead atoms. The second kappa shape index (κ2) is 7.21. The van der Waals surface area contributed by atoms with Crippen LogP contribution in [-0.2, 0) is 4.74 Å². The molecule has 0 aromatic heterocycles. The van der Waals surface area contributed by atoms with Gasteiger partial charge in [-0.2, -0.15) is 0 Å². The summed E-state index contributed by atoms with van der Waals surface area (Å²) < 4.78 is 5.02. The fourth-order valence-electron chi connectivity index (χ4n) is 1.57. The van der Waals surface area contributed by atoms with Crippen LogP contribution in [0.25, 0.3) is 0 Å². The zero-order chi connectivity index (χ0) is 11.0. The van der Waals surface area contributed by atoms with E-state index in [1.807, 2.05) is 0 Å². The van der Waals surface area contributed by atoms with Gasteiger partial charge in [-0.15, -0.1) is 0 Å². The highest BCUT2D eigenvalue weighted by Crippen LogP contribution is 2.12. The number of rotatable bonds is 8. The quantitative estimate of drug-likeness (QED) is 0.606. The number of hydrogen-bond acceptors (Lipinski definition) is 3. The van der Waals surface area contributed by atoms with Gasteiger partial charge < -0.3 is 15.4 Å². The molecule has 0 rings (SSSR count). The van der Waals surface area contributed by atoms with Gasteiger partial charge in [-0.25, -0.2) is 0 Å². The van der Waals surface area contributed by atoms with E-state index in [0.29, 0.717) is 0 Å². The highest BCUT2D eigenvalue weighted by molar-refractivity contribution is 4.83. The van der Waals surface area contributed by atoms with E-state index in [2.05, 4.69) is 25.8 Å². The maximum Gasteiger partial charge on any atom is 0.0474 e. The fourth-order valence-corrected chi connectivity index (χ4v) is 1.57. The van der Waals surface area contributed by atoms with Crippen LogP contribution in [0.1, 0.15) is 33.1 Å². The Balaban J connectivity index is 3.73. The lowest BCUT2D eigenvalue weighted by Crippen LogP contribution is -2.48. The summed E-state index contributed by atoms with van der Waals surface area (Å²) in [4.78, 5) is 2.30. The zero-order valence-electron chi connectivity index (χ0n) is 10.2. The second-order valence-electron chi connectivity index (χ2n) is 4.15. The first kappa shape index (κ1) is 13.9. The molecule has 0 saturated heterocycles. The zero-order valence-corrected chi connectivity index (χ0v) is 10.2. The number of nitrogens with two attached hydrogens (primary N) is 1. The number of nitrogens with zero attached hydrogens (tertiary/aromatic N) is 1. The minimum atomic E-state index is -0.0121. The van der Waals surface area contributed by atoms with Gasteiger partial charge in [0.2, 0.25) is 0 Å². The van der Waals surface area contributed by atoms with Gasteiger partial charge in [0.05, 0.1) is 0 Å². The Labute approximate surface area is 88.6 Å². The molecule has 14 heavy (non-hydrogen) atoms. The Morgan fingerprint density at radius 2 is 1.86 bits per heavy atom. The van der Waals surface area contributed by atoms with E-state index < -0.39 is 0 Å². The van der Waals surface area contributed by atoms with Gasteiger partial charge in [0, 0.05) is 32.3 Å². The molecule has 0 radical (unpaired) electrons. The summed E-state index contributed by atoms with van der Waals surface area (Å²) >= 11 is 0. The summed E-state index contributed by atoms with van der Waals surface area (Å²) in [7, 11) is 3.87. The van der Waals surface area contributed by atoms with Crippen LogP contribution < -0.4 is 5.73 Å². The standard InChI is InChI=1S/C11H26N2O/c1-5-11(12,6-2)10-13(3)8-7-9-14-4/h5-10,12H2,1-4H3. The van der Waals surface area contributed by atoms with Crippen molar-refractivity contribution in [3.8, 4) is 0 Å². The van der Waals surface area contributed by atoms with Crippen molar-refractivity contribution in [2.45, 2.75) is 38.6 Å². The van der Waals surface area contributed by atoms with Crippen molar-refractivity contribution in [3.05, 3.63) is 0 Å². The van der Waals surface area contributed by atoms with Crippen LogP contribution in [0.3, 0.4) is 0 Å². The number of methoxy groups -OCH3 is 1. The predicted octanol–water partition coefficient (Wildman–Crippen LogP) is 1.47. The molecule has 0 unspecified atom stereocenters. The molecule has 0 saturated carbocycles. The molecule has 0 amide bonds. The van der Waals surface area contributed by atoms with Crippen LogP contribution in [0, 0.1) is 0 Å². The highest BCUT2D eigenvalue weighted by atomic mass is 16.5. The number of hydrogen-bond donors (Lipinski definition) is 1. The third-order valence-electron chi connectivity index (χ3n) is 2.88. The smallest absolute Gasteiger partial charge is 0.0474 e. The van der Waals surface area contributed by atoms with Gasteiger partial charge in [-0.3, -0.25) is 0 Å². The van der Waals surface area contributed by atoms with Crippen molar-refractivity contribution in [1.29, 1.82) is 0 Å². The molecular formula is C11H26N2O. The summed E-state index contributed by atoms with van der Waals surface area (Å²) in [6, 6.07) is 0. The lowest BCUT2D eigenvalue weighted by atomic mass is 9.94. The molecule has 3 nitrogen and oxygen atoms in total. The van der Waals surface area contributed by atoms with Gasteiger partial charge >= 0.3 is 0 Å². The van der Waals surface area contributed by atoms with Crippen molar-refractivity contribution < 1.29 is 4.74 Å². The van der Waals surface area contributed by atoms with Crippen molar-refractivity contribution >= 4 is 0 Å². The van der Waals surface area contributed by atoms with E-state index in [0.717, 1.165) is 39.0 Å². The minimum absolute atomic E-state index is 0.0121. The van der Waals surface area contributed by atoms with Crippen LogP contribution in [0.2, 0.25) is 0 Å². The molecule has 0 aliphatic carbocycles. The van der Waals surface area contributed by atoms with Gasteiger partial charge in [0.1, 0.15) is 0 Å². The molecule has 0 atom stereocenters. The lowest BCUT2D eigenvalue weighted by molar-refractivity contribution is 0.168.